The molecule has 1 aromatic carbocycles. The average molecular weight is 359 g/mol. The third-order valence-corrected chi connectivity index (χ3v) is 4.55. The molecule has 6 nitrogen and oxygen atoms in total. The van der Waals surface area contributed by atoms with Crippen molar-refractivity contribution in [2.45, 2.75) is 25.7 Å². The summed E-state index contributed by atoms with van der Waals surface area (Å²) in [7, 11) is 1.94. The monoisotopic (exact) mass is 359 g/mol. The maximum absolute atomic E-state index is 12.5. The number of anilines is 3. The largest absolute Gasteiger partial charge is 0.329 e. The van der Waals surface area contributed by atoms with Gasteiger partial charge in [-0.1, -0.05) is 18.2 Å². The average Bonchev–Trinajstić information content (AvgIpc) is 3.53. The van der Waals surface area contributed by atoms with Crippen molar-refractivity contribution in [2.75, 3.05) is 17.3 Å². The number of hydrogen-bond acceptors (Lipinski definition) is 5. The molecule has 6 heteroatoms. The number of pyridine rings is 1. The fourth-order valence-corrected chi connectivity index (χ4v) is 2.87. The summed E-state index contributed by atoms with van der Waals surface area (Å²) in [5.41, 5.74) is 2.39. The molecule has 1 amide bonds. The van der Waals surface area contributed by atoms with E-state index in [9.17, 15) is 4.79 Å². The molecule has 0 atom stereocenters. The summed E-state index contributed by atoms with van der Waals surface area (Å²) in [6.07, 6.45) is 3.83. The quantitative estimate of drug-likeness (QED) is 0.743. The lowest BCUT2D eigenvalue weighted by atomic mass is 10.2. The second kappa shape index (κ2) is 7.15. The first-order chi connectivity index (χ1) is 13.1. The van der Waals surface area contributed by atoms with Crippen LogP contribution in [0.15, 0.2) is 54.7 Å². The summed E-state index contributed by atoms with van der Waals surface area (Å²) in [4.78, 5) is 27.9. The van der Waals surface area contributed by atoms with Gasteiger partial charge in [0.2, 0.25) is 0 Å². The van der Waals surface area contributed by atoms with E-state index in [1.54, 1.807) is 18.3 Å². The van der Waals surface area contributed by atoms with Crippen LogP contribution in [0.3, 0.4) is 0 Å². The van der Waals surface area contributed by atoms with E-state index in [1.165, 1.54) is 0 Å². The minimum Gasteiger partial charge on any atom is -0.329 e. The normalized spacial score (nSPS) is 13.3. The Hall–Kier alpha value is -3.28. The minimum atomic E-state index is -0.226. The number of hydrogen-bond donors (Lipinski definition) is 1. The van der Waals surface area contributed by atoms with E-state index in [2.05, 4.69) is 20.3 Å². The Balaban J connectivity index is 1.48. The number of carbonyl (C=O) groups excluding carboxylic acids is 1. The van der Waals surface area contributed by atoms with Gasteiger partial charge in [0.25, 0.3) is 5.91 Å². The standard InChI is InChI=1S/C21H21N5O/c1-14-12-18(24-20(23-14)15-8-9-15)25-21(27)16-10-11-19(22-13-16)26(2)17-6-4-3-5-7-17/h3-7,10-13,15H,8-9H2,1-2H3,(H,23,24,25,27). The van der Waals surface area contributed by atoms with Crippen LogP contribution in [0.2, 0.25) is 0 Å². The summed E-state index contributed by atoms with van der Waals surface area (Å²) in [5.74, 6) is 2.35. The van der Waals surface area contributed by atoms with Gasteiger partial charge in [0.05, 0.1) is 5.56 Å². The van der Waals surface area contributed by atoms with Gasteiger partial charge < -0.3 is 10.2 Å². The topological polar surface area (TPSA) is 71.0 Å². The molecule has 1 aliphatic rings. The van der Waals surface area contributed by atoms with Crippen molar-refractivity contribution in [1.82, 2.24) is 15.0 Å². The zero-order valence-corrected chi connectivity index (χ0v) is 15.4. The van der Waals surface area contributed by atoms with E-state index in [0.29, 0.717) is 17.3 Å². The molecule has 1 saturated carbocycles. The lowest BCUT2D eigenvalue weighted by molar-refractivity contribution is 0.102. The fourth-order valence-electron chi connectivity index (χ4n) is 2.87. The van der Waals surface area contributed by atoms with Gasteiger partial charge in [0.15, 0.2) is 0 Å². The maximum Gasteiger partial charge on any atom is 0.258 e. The minimum absolute atomic E-state index is 0.226. The van der Waals surface area contributed by atoms with Crippen LogP contribution in [0.25, 0.3) is 0 Å². The number of nitrogens with one attached hydrogen (secondary N) is 1. The number of rotatable bonds is 5. The smallest absolute Gasteiger partial charge is 0.258 e. The predicted octanol–water partition coefficient (Wildman–Crippen LogP) is 4.08. The molecule has 4 rings (SSSR count). The van der Waals surface area contributed by atoms with Gasteiger partial charge in [0, 0.05) is 36.6 Å². The Bertz CT molecular complexity index is 952. The van der Waals surface area contributed by atoms with Crippen LogP contribution in [0.1, 0.15) is 40.6 Å². The highest BCUT2D eigenvalue weighted by Crippen LogP contribution is 2.38. The zero-order chi connectivity index (χ0) is 18.8. The molecule has 1 fully saturated rings. The summed E-state index contributed by atoms with van der Waals surface area (Å²) in [5, 5.41) is 2.86. The van der Waals surface area contributed by atoms with Crippen molar-refractivity contribution in [3.63, 3.8) is 0 Å². The first-order valence-electron chi connectivity index (χ1n) is 9.02. The number of aryl methyl sites for hydroxylation is 1. The second-order valence-electron chi connectivity index (χ2n) is 6.78. The van der Waals surface area contributed by atoms with Crippen LogP contribution in [0.4, 0.5) is 17.3 Å². The van der Waals surface area contributed by atoms with E-state index in [4.69, 9.17) is 0 Å². The van der Waals surface area contributed by atoms with Gasteiger partial charge in [-0.15, -0.1) is 0 Å². The van der Waals surface area contributed by atoms with Gasteiger partial charge >= 0.3 is 0 Å². The van der Waals surface area contributed by atoms with Crippen LogP contribution < -0.4 is 10.2 Å². The highest BCUT2D eigenvalue weighted by molar-refractivity contribution is 6.03. The highest BCUT2D eigenvalue weighted by atomic mass is 16.1. The summed E-state index contributed by atoms with van der Waals surface area (Å²) in [6.45, 7) is 1.92. The molecule has 0 radical (unpaired) electrons. The van der Waals surface area contributed by atoms with Crippen LogP contribution >= 0.6 is 0 Å². The van der Waals surface area contributed by atoms with Crippen LogP contribution in [0, 0.1) is 6.92 Å². The second-order valence-corrected chi connectivity index (χ2v) is 6.78. The number of aromatic nitrogens is 3. The molecule has 0 aliphatic heterocycles. The van der Waals surface area contributed by atoms with Gasteiger partial charge in [-0.2, -0.15) is 0 Å². The summed E-state index contributed by atoms with van der Waals surface area (Å²) in [6, 6.07) is 15.3. The first kappa shape index (κ1) is 17.1. The number of benzene rings is 1. The third kappa shape index (κ3) is 3.95. The van der Waals surface area contributed by atoms with Crippen molar-refractivity contribution >= 4 is 23.2 Å². The molecular weight excluding hydrogens is 338 g/mol. The summed E-state index contributed by atoms with van der Waals surface area (Å²) >= 11 is 0. The summed E-state index contributed by atoms with van der Waals surface area (Å²) < 4.78 is 0. The molecule has 27 heavy (non-hydrogen) atoms. The molecular formula is C21H21N5O. The molecule has 1 aliphatic carbocycles. The van der Waals surface area contributed by atoms with Crippen molar-refractivity contribution in [2.24, 2.45) is 0 Å². The van der Waals surface area contributed by atoms with Crippen molar-refractivity contribution in [1.29, 1.82) is 0 Å². The van der Waals surface area contributed by atoms with Gasteiger partial charge in [0.1, 0.15) is 17.5 Å². The first-order valence-corrected chi connectivity index (χ1v) is 9.02. The lowest BCUT2D eigenvalue weighted by Crippen LogP contribution is -2.16. The van der Waals surface area contributed by atoms with E-state index in [0.717, 1.165) is 35.9 Å². The molecule has 0 bridgehead atoms. The Labute approximate surface area is 158 Å². The number of amides is 1. The van der Waals surface area contributed by atoms with E-state index in [-0.39, 0.29) is 5.91 Å². The Kier molecular flexibility index (Phi) is 4.54. The van der Waals surface area contributed by atoms with Crippen LogP contribution in [-0.4, -0.2) is 27.9 Å². The molecule has 0 spiro atoms. The Morgan fingerprint density at radius 3 is 2.56 bits per heavy atom. The van der Waals surface area contributed by atoms with Gasteiger partial charge in [-0.25, -0.2) is 15.0 Å². The fraction of sp³-hybridized carbons (Fsp3) is 0.238. The molecule has 1 N–H and O–H groups in total. The number of nitrogens with zero attached hydrogens (tertiary/aromatic N) is 4. The van der Waals surface area contributed by atoms with E-state index < -0.39 is 0 Å². The molecule has 3 aromatic rings. The van der Waals surface area contributed by atoms with Crippen LogP contribution in [-0.2, 0) is 0 Å². The lowest BCUT2D eigenvalue weighted by Gasteiger charge is -2.18. The van der Waals surface area contributed by atoms with E-state index in [1.807, 2.05) is 55.3 Å². The molecule has 2 aromatic heterocycles. The SMILES string of the molecule is Cc1cc(NC(=O)c2ccc(N(C)c3ccccc3)nc2)nc(C2CC2)n1. The molecule has 0 saturated heterocycles. The third-order valence-electron chi connectivity index (χ3n) is 4.55. The van der Waals surface area contributed by atoms with Crippen molar-refractivity contribution < 1.29 is 4.79 Å². The molecule has 136 valence electrons. The molecule has 2 heterocycles. The Morgan fingerprint density at radius 1 is 1.11 bits per heavy atom. The Morgan fingerprint density at radius 2 is 1.89 bits per heavy atom. The number of para-hydroxylation sites is 1. The predicted molar refractivity (Wildman–Crippen MR) is 105 cm³/mol. The maximum atomic E-state index is 12.5. The zero-order valence-electron chi connectivity index (χ0n) is 15.4. The van der Waals surface area contributed by atoms with Gasteiger partial charge in [-0.05, 0) is 44.0 Å². The number of carbonyl (C=O) groups is 1. The van der Waals surface area contributed by atoms with Crippen molar-refractivity contribution in [3.8, 4) is 0 Å². The van der Waals surface area contributed by atoms with Gasteiger partial charge in [-0.3, -0.25) is 4.79 Å². The highest BCUT2D eigenvalue weighted by Gasteiger charge is 2.27. The van der Waals surface area contributed by atoms with Crippen molar-refractivity contribution in [3.05, 3.63) is 71.8 Å². The van der Waals surface area contributed by atoms with E-state index >= 15 is 0 Å². The molecule has 0 unspecified atom stereocenters. The van der Waals surface area contributed by atoms with Crippen LogP contribution in [0.5, 0.6) is 0 Å².